The number of ether oxygens (including phenoxy) is 1. The third-order valence-corrected chi connectivity index (χ3v) is 5.01. The lowest BCUT2D eigenvalue weighted by atomic mass is 10.1. The highest BCUT2D eigenvalue weighted by molar-refractivity contribution is 7.16. The van der Waals surface area contributed by atoms with E-state index < -0.39 is 11.9 Å². The van der Waals surface area contributed by atoms with Crippen LogP contribution in [0.5, 0.6) is 0 Å². The van der Waals surface area contributed by atoms with Gasteiger partial charge in [-0.3, -0.25) is 4.79 Å². The van der Waals surface area contributed by atoms with E-state index >= 15 is 0 Å². The van der Waals surface area contributed by atoms with E-state index in [1.165, 1.54) is 17.4 Å². The number of nitrogens with one attached hydrogen (secondary N) is 1. The number of rotatable bonds is 5. The first-order valence-electron chi connectivity index (χ1n) is 7.83. The maximum absolute atomic E-state index is 12.5. The van der Waals surface area contributed by atoms with E-state index in [-0.39, 0.29) is 12.2 Å². The first-order valence-corrected chi connectivity index (χ1v) is 9.02. The van der Waals surface area contributed by atoms with E-state index in [0.717, 1.165) is 10.4 Å². The smallest absolute Gasteiger partial charge is 0.341 e. The summed E-state index contributed by atoms with van der Waals surface area (Å²) < 4.78 is 5.06. The molecule has 2 aromatic rings. The number of thiophene rings is 1. The van der Waals surface area contributed by atoms with E-state index in [9.17, 15) is 14.9 Å². The number of nitriles is 1. The Morgan fingerprint density at radius 3 is 2.54 bits per heavy atom. The molecule has 0 unspecified atom stereocenters. The highest BCUT2D eigenvalue weighted by Crippen LogP contribution is 2.33. The lowest BCUT2D eigenvalue weighted by Crippen LogP contribution is -2.16. The first kappa shape index (κ1) is 19.7. The molecule has 0 aliphatic carbocycles. The van der Waals surface area contributed by atoms with E-state index in [4.69, 9.17) is 16.3 Å². The average Bonchev–Trinajstić information content (AvgIpc) is 2.88. The third kappa shape index (κ3) is 4.51. The topological polar surface area (TPSA) is 79.2 Å². The number of hydrogen-bond acceptors (Lipinski definition) is 5. The van der Waals surface area contributed by atoms with Crippen molar-refractivity contribution in [3.8, 4) is 6.07 Å². The first-order chi connectivity index (χ1) is 12.4. The van der Waals surface area contributed by atoms with Gasteiger partial charge in [0.1, 0.15) is 16.6 Å². The minimum Gasteiger partial charge on any atom is -0.462 e. The number of esters is 1. The Labute approximate surface area is 160 Å². The van der Waals surface area contributed by atoms with Gasteiger partial charge in [0.2, 0.25) is 0 Å². The quantitative estimate of drug-likeness (QED) is 0.455. The SMILES string of the molecule is CCOC(=O)c1c(NC(=O)/C(C#N)=C\c2ccc(Cl)cc2)sc(C)c1C. The molecule has 0 radical (unpaired) electrons. The average molecular weight is 389 g/mol. The Balaban J connectivity index is 2.31. The van der Waals surface area contributed by atoms with Crippen LogP contribution in [0.4, 0.5) is 5.00 Å². The van der Waals surface area contributed by atoms with Crippen molar-refractivity contribution in [3.05, 3.63) is 56.4 Å². The molecule has 0 aliphatic heterocycles. The normalized spacial score (nSPS) is 11.0. The summed E-state index contributed by atoms with van der Waals surface area (Å²) in [5.74, 6) is -1.08. The molecule has 5 nitrogen and oxygen atoms in total. The number of hydrogen-bond donors (Lipinski definition) is 1. The Kier molecular flexibility index (Phi) is 6.56. The molecule has 0 fully saturated rings. The Morgan fingerprint density at radius 1 is 1.31 bits per heavy atom. The second-order valence-electron chi connectivity index (χ2n) is 5.38. The zero-order valence-electron chi connectivity index (χ0n) is 14.6. The van der Waals surface area contributed by atoms with Crippen LogP contribution in [0, 0.1) is 25.2 Å². The number of amides is 1. The zero-order valence-corrected chi connectivity index (χ0v) is 16.1. The summed E-state index contributed by atoms with van der Waals surface area (Å²) in [5.41, 5.74) is 1.67. The summed E-state index contributed by atoms with van der Waals surface area (Å²) in [6.45, 7) is 5.60. The second kappa shape index (κ2) is 8.65. The summed E-state index contributed by atoms with van der Waals surface area (Å²) in [4.78, 5) is 25.6. The molecule has 0 spiro atoms. The van der Waals surface area contributed by atoms with Crippen LogP contribution >= 0.6 is 22.9 Å². The van der Waals surface area contributed by atoms with Gasteiger partial charge in [0, 0.05) is 9.90 Å². The van der Waals surface area contributed by atoms with E-state index in [1.807, 2.05) is 13.0 Å². The van der Waals surface area contributed by atoms with Crippen LogP contribution in [-0.4, -0.2) is 18.5 Å². The molecule has 7 heteroatoms. The van der Waals surface area contributed by atoms with Crippen LogP contribution in [0.1, 0.15) is 33.3 Å². The van der Waals surface area contributed by atoms with Gasteiger partial charge in [-0.2, -0.15) is 5.26 Å². The van der Waals surface area contributed by atoms with Crippen molar-refractivity contribution in [2.24, 2.45) is 0 Å². The molecule has 1 heterocycles. The fourth-order valence-corrected chi connectivity index (χ4v) is 3.38. The van der Waals surface area contributed by atoms with E-state index in [1.54, 1.807) is 38.1 Å². The number of halogens is 1. The molecule has 0 saturated carbocycles. The van der Waals surface area contributed by atoms with E-state index in [2.05, 4.69) is 5.32 Å². The number of anilines is 1. The van der Waals surface area contributed by atoms with Gasteiger partial charge in [0.25, 0.3) is 5.91 Å². The maximum atomic E-state index is 12.5. The maximum Gasteiger partial charge on any atom is 0.341 e. The number of nitrogens with zero attached hydrogens (tertiary/aromatic N) is 1. The Hall–Kier alpha value is -2.62. The van der Waals surface area contributed by atoms with Crippen LogP contribution in [0.2, 0.25) is 5.02 Å². The van der Waals surface area contributed by atoms with Gasteiger partial charge in [-0.1, -0.05) is 23.7 Å². The molecule has 0 atom stereocenters. The molecule has 1 N–H and O–H groups in total. The van der Waals surface area contributed by atoms with Gasteiger partial charge < -0.3 is 10.1 Å². The molecular weight excluding hydrogens is 372 g/mol. The fourth-order valence-electron chi connectivity index (χ4n) is 2.21. The highest BCUT2D eigenvalue weighted by Gasteiger charge is 2.23. The molecule has 134 valence electrons. The minimum atomic E-state index is -0.589. The molecule has 0 saturated heterocycles. The van der Waals surface area contributed by atoms with Crippen molar-refractivity contribution in [1.82, 2.24) is 0 Å². The Bertz CT molecular complexity index is 908. The second-order valence-corrected chi connectivity index (χ2v) is 7.04. The lowest BCUT2D eigenvalue weighted by Gasteiger charge is -2.07. The van der Waals surface area contributed by atoms with Crippen LogP contribution in [0.3, 0.4) is 0 Å². The van der Waals surface area contributed by atoms with E-state index in [0.29, 0.717) is 21.2 Å². The molecular formula is C19H17ClN2O3S. The predicted octanol–water partition coefficient (Wildman–Crippen LogP) is 4.74. The van der Waals surface area contributed by atoms with Crippen molar-refractivity contribution in [2.45, 2.75) is 20.8 Å². The zero-order chi connectivity index (χ0) is 19.3. The summed E-state index contributed by atoms with van der Waals surface area (Å²) >= 11 is 7.11. The summed E-state index contributed by atoms with van der Waals surface area (Å²) in [6.07, 6.45) is 1.46. The van der Waals surface area contributed by atoms with Crippen LogP contribution in [-0.2, 0) is 9.53 Å². The van der Waals surface area contributed by atoms with Gasteiger partial charge in [-0.05, 0) is 50.1 Å². The van der Waals surface area contributed by atoms with Gasteiger partial charge in [-0.15, -0.1) is 11.3 Å². The van der Waals surface area contributed by atoms with Crippen molar-refractivity contribution >= 4 is 45.9 Å². The molecule has 1 amide bonds. The van der Waals surface area contributed by atoms with Crippen molar-refractivity contribution in [1.29, 1.82) is 5.26 Å². The molecule has 1 aromatic heterocycles. The number of benzene rings is 1. The Morgan fingerprint density at radius 2 is 1.96 bits per heavy atom. The minimum absolute atomic E-state index is 0.0779. The molecule has 26 heavy (non-hydrogen) atoms. The van der Waals surface area contributed by atoms with Gasteiger partial charge in [-0.25, -0.2) is 4.79 Å². The molecule has 0 bridgehead atoms. The third-order valence-electron chi connectivity index (χ3n) is 3.64. The molecule has 1 aromatic carbocycles. The van der Waals surface area contributed by atoms with Crippen LogP contribution < -0.4 is 5.32 Å². The highest BCUT2D eigenvalue weighted by atomic mass is 35.5. The summed E-state index contributed by atoms with van der Waals surface area (Å²) in [7, 11) is 0. The van der Waals surface area contributed by atoms with Crippen LogP contribution in [0.25, 0.3) is 6.08 Å². The van der Waals surface area contributed by atoms with Crippen LogP contribution in [0.15, 0.2) is 29.8 Å². The fraction of sp³-hybridized carbons (Fsp3) is 0.211. The van der Waals surface area contributed by atoms with Gasteiger partial charge in [0.15, 0.2) is 0 Å². The molecule has 0 aliphatic rings. The van der Waals surface area contributed by atoms with Crippen molar-refractivity contribution < 1.29 is 14.3 Å². The predicted molar refractivity (Wildman–Crippen MR) is 103 cm³/mol. The lowest BCUT2D eigenvalue weighted by molar-refractivity contribution is -0.112. The van der Waals surface area contributed by atoms with Gasteiger partial charge in [0.05, 0.1) is 12.2 Å². The number of aryl methyl sites for hydroxylation is 1. The summed E-state index contributed by atoms with van der Waals surface area (Å²) in [5, 5.41) is 12.9. The standard InChI is InChI=1S/C19H17ClN2O3S/c1-4-25-19(24)16-11(2)12(3)26-18(16)22-17(23)14(10-21)9-13-5-7-15(20)8-6-13/h5-9H,4H2,1-3H3,(H,22,23)/b14-9-. The van der Waals surface area contributed by atoms with Crippen molar-refractivity contribution in [2.75, 3.05) is 11.9 Å². The monoisotopic (exact) mass is 388 g/mol. The number of carbonyl (C=O) groups is 2. The number of carbonyl (C=O) groups excluding carboxylic acids is 2. The largest absolute Gasteiger partial charge is 0.462 e. The van der Waals surface area contributed by atoms with Gasteiger partial charge >= 0.3 is 5.97 Å². The molecule has 2 rings (SSSR count). The van der Waals surface area contributed by atoms with Crippen molar-refractivity contribution in [3.63, 3.8) is 0 Å². The summed E-state index contributed by atoms with van der Waals surface area (Å²) in [6, 6.07) is 8.64.